The third kappa shape index (κ3) is 3.57. The fourth-order valence-corrected chi connectivity index (χ4v) is 2.88. The van der Waals surface area contributed by atoms with Crippen molar-refractivity contribution >= 4 is 15.9 Å². The van der Waals surface area contributed by atoms with E-state index in [-0.39, 0.29) is 0 Å². The van der Waals surface area contributed by atoms with Gasteiger partial charge in [0.25, 0.3) is 5.09 Å². The molecule has 7 heteroatoms. The van der Waals surface area contributed by atoms with E-state index in [4.69, 9.17) is 15.3 Å². The van der Waals surface area contributed by atoms with Crippen molar-refractivity contribution in [3.8, 4) is 0 Å². The van der Waals surface area contributed by atoms with E-state index in [2.05, 4.69) is 49.7 Å². The molecule has 0 aliphatic carbocycles. The van der Waals surface area contributed by atoms with Crippen molar-refractivity contribution in [1.29, 1.82) is 0 Å². The minimum Gasteiger partial charge on any atom is -0.328 e. The fourth-order valence-electron chi connectivity index (χ4n) is 2.46. The van der Waals surface area contributed by atoms with Gasteiger partial charge >= 0.3 is 0 Å². The van der Waals surface area contributed by atoms with E-state index in [0.29, 0.717) is 6.04 Å². The van der Waals surface area contributed by atoms with Gasteiger partial charge < -0.3 is 9.77 Å². The number of aromatic nitrogens is 2. The van der Waals surface area contributed by atoms with E-state index >= 15 is 0 Å². The fraction of sp³-hybridized carbons (Fsp3) is 0.308. The summed E-state index contributed by atoms with van der Waals surface area (Å²) in [4.78, 5) is 12.6. The van der Waals surface area contributed by atoms with Crippen LogP contribution in [0.25, 0.3) is 0 Å². The Morgan fingerprint density at radius 1 is 1.50 bits per heavy atom. The number of halogens is 1. The van der Waals surface area contributed by atoms with E-state index in [0.717, 1.165) is 10.9 Å². The standard InChI is InChI=1S/C13H13BrN2.HNO3/c14-11-4-1-3-10(7-11)13-6-2-5-12-8-15-9-16(12)13;2-1(3)4/h1,3-4,7-9,13H,2,5-6H2;(H,2,3,4). The highest BCUT2D eigenvalue weighted by molar-refractivity contribution is 9.10. The molecule has 2 heterocycles. The zero-order chi connectivity index (χ0) is 14.5. The van der Waals surface area contributed by atoms with E-state index in [1.165, 1.54) is 24.1 Å². The van der Waals surface area contributed by atoms with Gasteiger partial charge in [0.15, 0.2) is 0 Å². The largest absolute Gasteiger partial charge is 0.328 e. The van der Waals surface area contributed by atoms with Crippen LogP contribution in [0, 0.1) is 10.1 Å². The molecule has 106 valence electrons. The lowest BCUT2D eigenvalue weighted by Gasteiger charge is -2.26. The molecular weight excluding hydrogens is 326 g/mol. The maximum Gasteiger partial charge on any atom is 0.291 e. The first-order valence-electron chi connectivity index (χ1n) is 6.17. The Morgan fingerprint density at radius 2 is 2.25 bits per heavy atom. The number of hydrogen-bond acceptors (Lipinski definition) is 3. The first-order valence-corrected chi connectivity index (χ1v) is 6.96. The molecule has 1 atom stereocenters. The normalized spacial score (nSPS) is 16.8. The van der Waals surface area contributed by atoms with Crippen LogP contribution in [0.1, 0.15) is 30.1 Å². The summed E-state index contributed by atoms with van der Waals surface area (Å²) in [5, 5.41) is 13.6. The summed E-state index contributed by atoms with van der Waals surface area (Å²) in [7, 11) is 0. The molecule has 1 aliphatic heterocycles. The molecule has 2 aromatic rings. The van der Waals surface area contributed by atoms with Crippen molar-refractivity contribution in [3.63, 3.8) is 0 Å². The predicted molar refractivity (Wildman–Crippen MR) is 76.2 cm³/mol. The second-order valence-corrected chi connectivity index (χ2v) is 5.41. The van der Waals surface area contributed by atoms with E-state index < -0.39 is 5.09 Å². The third-order valence-corrected chi connectivity index (χ3v) is 3.72. The highest BCUT2D eigenvalue weighted by Gasteiger charge is 2.20. The topological polar surface area (TPSA) is 81.2 Å². The van der Waals surface area contributed by atoms with Gasteiger partial charge in [-0.25, -0.2) is 4.98 Å². The van der Waals surface area contributed by atoms with E-state index in [1.807, 2.05) is 12.5 Å². The minimum absolute atomic E-state index is 0.462. The second kappa shape index (κ2) is 6.51. The lowest BCUT2D eigenvalue weighted by molar-refractivity contribution is -0.742. The quantitative estimate of drug-likeness (QED) is 0.638. The highest BCUT2D eigenvalue weighted by atomic mass is 79.9. The average Bonchev–Trinajstić information content (AvgIpc) is 2.86. The van der Waals surface area contributed by atoms with Crippen molar-refractivity contribution in [2.45, 2.75) is 25.3 Å². The van der Waals surface area contributed by atoms with Gasteiger partial charge in [-0.3, -0.25) is 0 Å². The van der Waals surface area contributed by atoms with Gasteiger partial charge in [0.1, 0.15) is 0 Å². The van der Waals surface area contributed by atoms with Crippen molar-refractivity contribution < 1.29 is 10.3 Å². The summed E-state index contributed by atoms with van der Waals surface area (Å²) >= 11 is 3.53. The molecule has 20 heavy (non-hydrogen) atoms. The molecule has 6 nitrogen and oxygen atoms in total. The van der Waals surface area contributed by atoms with Gasteiger partial charge in [0, 0.05) is 16.4 Å². The summed E-state index contributed by atoms with van der Waals surface area (Å²) in [6.07, 6.45) is 7.57. The average molecular weight is 340 g/mol. The summed E-state index contributed by atoms with van der Waals surface area (Å²) < 4.78 is 3.46. The molecule has 1 aromatic carbocycles. The SMILES string of the molecule is Brc1cccc(C2CCCc3cncn32)c1.O=[N+]([O-])O. The predicted octanol–water partition coefficient (Wildman–Crippen LogP) is 3.22. The molecule has 0 saturated carbocycles. The van der Waals surface area contributed by atoms with E-state index in [9.17, 15) is 0 Å². The van der Waals surface area contributed by atoms with Crippen LogP contribution in [-0.4, -0.2) is 19.8 Å². The van der Waals surface area contributed by atoms with Crippen LogP contribution in [0.3, 0.4) is 0 Å². The number of nitrogens with zero attached hydrogens (tertiary/aromatic N) is 3. The van der Waals surface area contributed by atoms with Gasteiger partial charge in [-0.1, -0.05) is 28.1 Å². The van der Waals surface area contributed by atoms with Gasteiger partial charge in [-0.05, 0) is 37.0 Å². The molecule has 0 spiro atoms. The number of fused-ring (bicyclic) bond motifs is 1. The number of rotatable bonds is 1. The summed E-state index contributed by atoms with van der Waals surface area (Å²) in [5.41, 5.74) is 2.73. The maximum atomic E-state index is 8.36. The van der Waals surface area contributed by atoms with Crippen LogP contribution >= 0.6 is 15.9 Å². The molecule has 1 unspecified atom stereocenters. The zero-order valence-corrected chi connectivity index (χ0v) is 12.2. The molecule has 3 rings (SSSR count). The molecular formula is C13H14BrN3O3. The van der Waals surface area contributed by atoms with E-state index in [1.54, 1.807) is 0 Å². The monoisotopic (exact) mass is 339 g/mol. The summed E-state index contributed by atoms with van der Waals surface area (Å²) in [6.45, 7) is 0. The molecule has 0 amide bonds. The summed E-state index contributed by atoms with van der Waals surface area (Å²) in [5.74, 6) is 0. The maximum absolute atomic E-state index is 8.36. The Morgan fingerprint density at radius 3 is 2.95 bits per heavy atom. The van der Waals surface area contributed by atoms with Gasteiger partial charge in [-0.2, -0.15) is 0 Å². The van der Waals surface area contributed by atoms with Crippen LogP contribution in [0.5, 0.6) is 0 Å². The summed E-state index contributed by atoms with van der Waals surface area (Å²) in [6, 6.07) is 9.04. The smallest absolute Gasteiger partial charge is 0.291 e. The Kier molecular flexibility index (Phi) is 4.73. The lowest BCUT2D eigenvalue weighted by atomic mass is 9.96. The van der Waals surface area contributed by atoms with Crippen LogP contribution in [0.2, 0.25) is 0 Å². The molecule has 1 aliphatic rings. The van der Waals surface area contributed by atoms with Crippen LogP contribution in [0.4, 0.5) is 0 Å². The Balaban J connectivity index is 0.000000328. The molecule has 1 aromatic heterocycles. The van der Waals surface area contributed by atoms with Crippen LogP contribution in [0.15, 0.2) is 41.3 Å². The lowest BCUT2D eigenvalue weighted by Crippen LogP contribution is -2.17. The molecule has 0 fully saturated rings. The number of imidazole rings is 1. The molecule has 0 radical (unpaired) electrons. The molecule has 0 bridgehead atoms. The Bertz CT molecular complexity index is 596. The van der Waals surface area contributed by atoms with Crippen molar-refractivity contribution in [2.75, 3.05) is 0 Å². The van der Waals surface area contributed by atoms with Crippen molar-refractivity contribution in [2.24, 2.45) is 0 Å². The number of benzene rings is 1. The zero-order valence-electron chi connectivity index (χ0n) is 10.6. The van der Waals surface area contributed by atoms with Gasteiger partial charge in [0.2, 0.25) is 0 Å². The Labute approximate surface area is 124 Å². The third-order valence-electron chi connectivity index (χ3n) is 3.23. The van der Waals surface area contributed by atoms with Crippen LogP contribution in [-0.2, 0) is 6.42 Å². The number of hydrogen-bond donors (Lipinski definition) is 1. The van der Waals surface area contributed by atoms with Gasteiger partial charge in [-0.15, -0.1) is 10.1 Å². The first-order chi connectivity index (χ1) is 9.58. The Hall–Kier alpha value is -1.89. The van der Waals surface area contributed by atoms with Gasteiger partial charge in [0.05, 0.1) is 12.4 Å². The van der Waals surface area contributed by atoms with Crippen LogP contribution < -0.4 is 0 Å². The number of aryl methyl sites for hydroxylation is 1. The molecule has 1 N–H and O–H groups in total. The highest BCUT2D eigenvalue weighted by Crippen LogP contribution is 2.31. The van der Waals surface area contributed by atoms with Crippen molar-refractivity contribution in [3.05, 3.63) is 62.6 Å². The first kappa shape index (κ1) is 14.5. The second-order valence-electron chi connectivity index (χ2n) is 4.49. The minimum atomic E-state index is -1.50. The van der Waals surface area contributed by atoms with Crippen molar-refractivity contribution in [1.82, 2.24) is 9.55 Å². The molecule has 0 saturated heterocycles.